The lowest BCUT2D eigenvalue weighted by Gasteiger charge is -2.17. The molecule has 4 rings (SSSR count). The van der Waals surface area contributed by atoms with Crippen LogP contribution in [-0.4, -0.2) is 31.7 Å². The summed E-state index contributed by atoms with van der Waals surface area (Å²) in [5.74, 6) is -2.20. The fraction of sp³-hybridized carbons (Fsp3) is 0.286. The number of carboxylic acids is 1. The molecule has 5 nitrogen and oxygen atoms in total. The van der Waals surface area contributed by atoms with Gasteiger partial charge in [0.25, 0.3) is 0 Å². The Morgan fingerprint density at radius 1 is 1.17 bits per heavy atom. The minimum atomic E-state index is -3.79. The lowest BCUT2D eigenvalue weighted by molar-refractivity contribution is -0.141. The van der Waals surface area contributed by atoms with Crippen LogP contribution in [0, 0.1) is 0 Å². The number of rotatable bonds is 8. The predicted molar refractivity (Wildman–Crippen MR) is 113 cm³/mol. The Morgan fingerprint density at radius 3 is 2.53 bits per heavy atom. The summed E-state index contributed by atoms with van der Waals surface area (Å²) >= 11 is 3.40. The van der Waals surface area contributed by atoms with Crippen molar-refractivity contribution in [1.29, 1.82) is 0 Å². The van der Waals surface area contributed by atoms with E-state index in [2.05, 4.69) is 20.9 Å². The molecule has 30 heavy (non-hydrogen) atoms. The van der Waals surface area contributed by atoms with Gasteiger partial charge in [0.2, 0.25) is 5.78 Å². The average molecular weight is 495 g/mol. The third-order valence-corrected chi connectivity index (χ3v) is 6.50. The average Bonchev–Trinajstić information content (AvgIpc) is 3.49. The first-order valence-electron chi connectivity index (χ1n) is 9.35. The monoisotopic (exact) mass is 494 g/mol. The van der Waals surface area contributed by atoms with Crippen LogP contribution in [0.3, 0.4) is 0 Å². The molecule has 1 fully saturated rings. The van der Waals surface area contributed by atoms with Gasteiger partial charge in [0, 0.05) is 11.8 Å². The molecule has 3 aromatic rings. The van der Waals surface area contributed by atoms with E-state index < -0.39 is 29.8 Å². The first kappa shape index (κ1) is 21.0. The fourth-order valence-corrected chi connectivity index (χ4v) is 4.81. The molecule has 9 heteroatoms. The van der Waals surface area contributed by atoms with Crippen molar-refractivity contribution in [2.75, 3.05) is 0 Å². The van der Waals surface area contributed by atoms with Crippen LogP contribution in [0.25, 0.3) is 16.5 Å². The topological polar surface area (TPSA) is 72.2 Å². The van der Waals surface area contributed by atoms with E-state index in [4.69, 9.17) is 5.11 Å². The van der Waals surface area contributed by atoms with Crippen LogP contribution in [0.4, 0.5) is 8.78 Å². The van der Waals surface area contributed by atoms with Gasteiger partial charge in [-0.1, -0.05) is 30.3 Å². The number of aromatic nitrogens is 2. The Hall–Kier alpha value is -2.26. The number of thioether (sulfide) groups is 1. The number of hydrogen-bond acceptors (Lipinski definition) is 4. The number of carbonyl (C=O) groups is 2. The fourth-order valence-electron chi connectivity index (χ4n) is 3.39. The van der Waals surface area contributed by atoms with Gasteiger partial charge in [0.1, 0.15) is 4.60 Å². The van der Waals surface area contributed by atoms with E-state index in [1.165, 1.54) is 11.8 Å². The number of benzene rings is 2. The molecule has 1 saturated carbocycles. The number of hydrogen-bond donors (Lipinski definition) is 1. The van der Waals surface area contributed by atoms with Crippen LogP contribution in [0.15, 0.2) is 52.4 Å². The quantitative estimate of drug-likeness (QED) is 0.401. The van der Waals surface area contributed by atoms with Crippen LogP contribution >= 0.6 is 27.7 Å². The van der Waals surface area contributed by atoms with E-state index in [-0.39, 0.29) is 16.9 Å². The smallest absolute Gasteiger partial charge is 0.358 e. The summed E-state index contributed by atoms with van der Waals surface area (Å²) < 4.78 is 31.0. The van der Waals surface area contributed by atoms with Gasteiger partial charge in [-0.25, -0.2) is 4.98 Å². The largest absolute Gasteiger partial charge is 0.481 e. The molecule has 1 aliphatic carbocycles. The molecule has 0 unspecified atom stereocenters. The van der Waals surface area contributed by atoms with E-state index in [0.29, 0.717) is 16.2 Å². The molecule has 0 atom stereocenters. The molecule has 2 aromatic carbocycles. The number of carboxylic acid groups (broad SMARTS) is 1. The first-order chi connectivity index (χ1) is 14.3. The van der Waals surface area contributed by atoms with E-state index in [0.717, 1.165) is 23.6 Å². The maximum Gasteiger partial charge on any atom is 0.358 e. The molecule has 0 spiro atoms. The van der Waals surface area contributed by atoms with Crippen molar-refractivity contribution in [3.05, 3.63) is 52.8 Å². The third kappa shape index (κ3) is 4.13. The number of nitrogens with zero attached hydrogens (tertiary/aromatic N) is 2. The molecule has 1 aliphatic rings. The Kier molecular flexibility index (Phi) is 5.67. The van der Waals surface area contributed by atoms with Crippen LogP contribution in [-0.2, 0) is 9.59 Å². The predicted octanol–water partition coefficient (Wildman–Crippen LogP) is 5.78. The van der Waals surface area contributed by atoms with E-state index in [9.17, 15) is 18.4 Å². The number of Topliss-reactive ketones (excluding diaryl/α,β-unsaturated/α-hetero) is 1. The van der Waals surface area contributed by atoms with E-state index in [1.807, 2.05) is 36.4 Å². The molecule has 1 aromatic heterocycles. The molecular formula is C21H17BrF2N2O3S. The molecular weight excluding hydrogens is 478 g/mol. The van der Waals surface area contributed by atoms with Gasteiger partial charge in [-0.15, -0.1) is 0 Å². The van der Waals surface area contributed by atoms with Crippen molar-refractivity contribution in [3.8, 4) is 5.69 Å². The molecule has 1 N–H and O–H groups in total. The second-order valence-electron chi connectivity index (χ2n) is 7.13. The number of aliphatic carboxylic acids is 1. The van der Waals surface area contributed by atoms with Crippen LogP contribution in [0.2, 0.25) is 0 Å². The zero-order chi connectivity index (χ0) is 21.5. The minimum absolute atomic E-state index is 0.0254. The second-order valence-corrected chi connectivity index (χ2v) is 9.02. The van der Waals surface area contributed by atoms with Crippen molar-refractivity contribution in [3.63, 3.8) is 0 Å². The highest BCUT2D eigenvalue weighted by Gasteiger charge is 2.41. The molecule has 0 saturated heterocycles. The Morgan fingerprint density at radius 2 is 1.87 bits per heavy atom. The van der Waals surface area contributed by atoms with Gasteiger partial charge >= 0.3 is 11.2 Å². The first-order valence-corrected chi connectivity index (χ1v) is 11.0. The number of carbonyl (C=O) groups excluding carboxylic acids is 1. The summed E-state index contributed by atoms with van der Waals surface area (Å²) in [5.41, 5.74) is 1.92. The summed E-state index contributed by atoms with van der Waals surface area (Å²) in [6, 6.07) is 11.7. The Labute approximate surface area is 183 Å². The summed E-state index contributed by atoms with van der Waals surface area (Å²) in [5, 5.41) is 6.78. The van der Waals surface area contributed by atoms with E-state index >= 15 is 0 Å². The number of fused-ring (bicyclic) bond motifs is 1. The summed E-state index contributed by atoms with van der Waals surface area (Å²) in [6.07, 6.45) is 2.31. The zero-order valence-corrected chi connectivity index (χ0v) is 18.1. The highest BCUT2D eigenvalue weighted by molar-refractivity contribution is 9.10. The van der Waals surface area contributed by atoms with Crippen LogP contribution < -0.4 is 0 Å². The summed E-state index contributed by atoms with van der Waals surface area (Å²) in [7, 11) is 0. The number of ketones is 1. The van der Waals surface area contributed by atoms with Gasteiger partial charge in [-0.05, 0) is 63.5 Å². The van der Waals surface area contributed by atoms with Gasteiger partial charge in [0.15, 0.2) is 5.16 Å². The van der Waals surface area contributed by atoms with Gasteiger partial charge < -0.3 is 5.11 Å². The third-order valence-electron chi connectivity index (χ3n) is 4.99. The van der Waals surface area contributed by atoms with Gasteiger partial charge in [-0.2, -0.15) is 8.78 Å². The molecule has 0 bridgehead atoms. The number of imidazole rings is 1. The molecule has 0 radical (unpaired) electrons. The number of halogens is 3. The van der Waals surface area contributed by atoms with Crippen molar-refractivity contribution in [1.82, 2.24) is 9.55 Å². The normalized spacial score (nSPS) is 14.2. The lowest BCUT2D eigenvalue weighted by atomic mass is 9.99. The molecule has 1 heterocycles. The number of alkyl halides is 2. The van der Waals surface area contributed by atoms with Crippen LogP contribution in [0.1, 0.15) is 37.2 Å². The van der Waals surface area contributed by atoms with Gasteiger partial charge in [-0.3, -0.25) is 14.2 Å². The molecule has 156 valence electrons. The van der Waals surface area contributed by atoms with Crippen molar-refractivity contribution < 1.29 is 23.5 Å². The van der Waals surface area contributed by atoms with Crippen LogP contribution in [0.5, 0.6) is 0 Å². The minimum Gasteiger partial charge on any atom is -0.481 e. The van der Waals surface area contributed by atoms with Crippen molar-refractivity contribution >= 4 is 50.2 Å². The highest BCUT2D eigenvalue weighted by Crippen LogP contribution is 2.45. The Balaban J connectivity index is 1.72. The summed E-state index contributed by atoms with van der Waals surface area (Å²) in [4.78, 5) is 26.6. The zero-order valence-electron chi connectivity index (χ0n) is 15.6. The summed E-state index contributed by atoms with van der Waals surface area (Å²) in [6.45, 7) is 0. The maximum absolute atomic E-state index is 14.5. The molecule has 0 aliphatic heterocycles. The second kappa shape index (κ2) is 8.11. The lowest BCUT2D eigenvalue weighted by Crippen LogP contribution is -2.25. The van der Waals surface area contributed by atoms with Crippen molar-refractivity contribution in [2.24, 2.45) is 0 Å². The van der Waals surface area contributed by atoms with Crippen molar-refractivity contribution in [2.45, 2.75) is 42.0 Å². The van der Waals surface area contributed by atoms with Gasteiger partial charge in [0.05, 0.1) is 18.3 Å². The SMILES string of the molecule is O=C(O)CCC(=O)C(F)(F)Sc1ncc(Br)n1-c1ccc(C2CC2)c2ccccc12. The standard InChI is InChI=1S/C21H17BrF2N2O3S/c22-18-11-25-20(30-21(23,24)17(27)9-10-19(28)29)26(18)16-8-7-13(12-5-6-12)14-3-1-2-4-15(14)16/h1-4,7-8,11-12H,5-6,9-10H2,(H,28,29). The molecule has 0 amide bonds. The van der Waals surface area contributed by atoms with E-state index in [1.54, 1.807) is 4.57 Å². The Bertz CT molecular complexity index is 1140. The highest BCUT2D eigenvalue weighted by atomic mass is 79.9. The maximum atomic E-state index is 14.5.